The van der Waals surface area contributed by atoms with Gasteiger partial charge in [0.15, 0.2) is 5.82 Å². The molecule has 2 rings (SSSR count). The number of nitro groups is 1. The van der Waals surface area contributed by atoms with Gasteiger partial charge in [-0.15, -0.1) is 0 Å². The molecule has 0 saturated carbocycles. The number of anilines is 1. The lowest BCUT2D eigenvalue weighted by molar-refractivity contribution is -0.383. The minimum atomic E-state index is -1.00. The number of rotatable bonds is 5. The van der Waals surface area contributed by atoms with Crippen LogP contribution in [0.25, 0.3) is 10.9 Å². The minimum absolute atomic E-state index is 0.0941. The number of benzene rings is 1. The maximum absolute atomic E-state index is 14.0. The SMILES string of the molecule is CS(=O)CCNc1c(F)cc([N+](=O)[O-])c2cccnc12. The molecular weight excluding hydrogens is 285 g/mol. The Balaban J connectivity index is 2.49. The Morgan fingerprint density at radius 3 is 2.95 bits per heavy atom. The first-order valence-electron chi connectivity index (χ1n) is 5.76. The van der Waals surface area contributed by atoms with Gasteiger partial charge in [-0.3, -0.25) is 19.3 Å². The van der Waals surface area contributed by atoms with Crippen molar-refractivity contribution in [3.05, 3.63) is 40.3 Å². The van der Waals surface area contributed by atoms with Crippen LogP contribution in [0.15, 0.2) is 24.4 Å². The van der Waals surface area contributed by atoms with E-state index in [1.807, 2.05) is 0 Å². The van der Waals surface area contributed by atoms with Crippen molar-refractivity contribution < 1.29 is 13.5 Å². The summed E-state index contributed by atoms with van der Waals surface area (Å²) in [5, 5.41) is 14.0. The van der Waals surface area contributed by atoms with Crippen molar-refractivity contribution in [1.82, 2.24) is 4.98 Å². The molecule has 1 aromatic heterocycles. The Hall–Kier alpha value is -2.09. The molecule has 0 amide bonds. The molecule has 20 heavy (non-hydrogen) atoms. The molecule has 0 radical (unpaired) electrons. The maximum atomic E-state index is 14.0. The molecular formula is C12H12FN3O3S. The molecule has 106 valence electrons. The first-order valence-corrected chi connectivity index (χ1v) is 7.49. The van der Waals surface area contributed by atoms with Crippen LogP contribution >= 0.6 is 0 Å². The number of nitrogens with one attached hydrogen (secondary N) is 1. The first-order chi connectivity index (χ1) is 9.50. The third-order valence-corrected chi connectivity index (χ3v) is 3.49. The lowest BCUT2D eigenvalue weighted by atomic mass is 10.1. The van der Waals surface area contributed by atoms with Gasteiger partial charge in [0.1, 0.15) is 5.52 Å². The summed E-state index contributed by atoms with van der Waals surface area (Å²) in [5.74, 6) is -0.394. The number of fused-ring (bicyclic) bond motifs is 1. The fourth-order valence-corrected chi connectivity index (χ4v) is 2.22. The molecule has 0 saturated heterocycles. The number of non-ortho nitro benzene ring substituents is 1. The number of hydrogen-bond donors (Lipinski definition) is 1. The van der Waals surface area contributed by atoms with Gasteiger partial charge in [-0.05, 0) is 12.1 Å². The van der Waals surface area contributed by atoms with Gasteiger partial charge in [0.25, 0.3) is 5.69 Å². The van der Waals surface area contributed by atoms with E-state index in [1.165, 1.54) is 12.3 Å². The zero-order chi connectivity index (χ0) is 14.7. The van der Waals surface area contributed by atoms with Crippen LogP contribution in [0.5, 0.6) is 0 Å². The van der Waals surface area contributed by atoms with Crippen LogP contribution in [0.3, 0.4) is 0 Å². The highest BCUT2D eigenvalue weighted by atomic mass is 32.2. The molecule has 0 aliphatic rings. The van der Waals surface area contributed by atoms with E-state index in [-0.39, 0.29) is 22.3 Å². The van der Waals surface area contributed by atoms with Crippen molar-refractivity contribution in [1.29, 1.82) is 0 Å². The van der Waals surface area contributed by atoms with Crippen LogP contribution < -0.4 is 5.32 Å². The van der Waals surface area contributed by atoms with Gasteiger partial charge in [0.05, 0.1) is 22.1 Å². The molecule has 1 N–H and O–H groups in total. The fraction of sp³-hybridized carbons (Fsp3) is 0.250. The second-order valence-electron chi connectivity index (χ2n) is 4.11. The van der Waals surface area contributed by atoms with Crippen molar-refractivity contribution in [3.63, 3.8) is 0 Å². The summed E-state index contributed by atoms with van der Waals surface area (Å²) in [6, 6.07) is 3.94. The monoisotopic (exact) mass is 297 g/mol. The standard InChI is InChI=1S/C12H12FN3O3S/c1-20(19)6-5-15-12-9(13)7-10(16(17)18)8-3-2-4-14-11(8)12/h2-4,7,15H,5-6H2,1H3. The molecule has 1 heterocycles. The second-order valence-corrected chi connectivity index (χ2v) is 5.67. The van der Waals surface area contributed by atoms with Crippen LogP contribution in [-0.4, -0.2) is 32.7 Å². The molecule has 8 heteroatoms. The first kappa shape index (κ1) is 14.3. The Morgan fingerprint density at radius 2 is 2.30 bits per heavy atom. The van der Waals surface area contributed by atoms with Crippen LogP contribution in [-0.2, 0) is 10.8 Å². The number of nitro benzene ring substituents is 1. The Kier molecular flexibility index (Phi) is 4.23. The van der Waals surface area contributed by atoms with E-state index >= 15 is 0 Å². The summed E-state index contributed by atoms with van der Waals surface area (Å²) < 4.78 is 25.0. The molecule has 0 aliphatic carbocycles. The second kappa shape index (κ2) is 5.91. The van der Waals surface area contributed by atoms with E-state index in [2.05, 4.69) is 10.3 Å². The van der Waals surface area contributed by atoms with E-state index in [4.69, 9.17) is 0 Å². The van der Waals surface area contributed by atoms with Crippen molar-refractivity contribution in [3.8, 4) is 0 Å². The molecule has 0 aliphatic heterocycles. The van der Waals surface area contributed by atoms with Gasteiger partial charge < -0.3 is 5.32 Å². The van der Waals surface area contributed by atoms with Crippen molar-refractivity contribution in [2.24, 2.45) is 0 Å². The Labute approximate surface area is 116 Å². The van der Waals surface area contributed by atoms with Gasteiger partial charge in [0.2, 0.25) is 0 Å². The van der Waals surface area contributed by atoms with Crippen molar-refractivity contribution in [2.75, 3.05) is 23.9 Å². The molecule has 0 fully saturated rings. The molecule has 1 atom stereocenters. The molecule has 1 aromatic carbocycles. The van der Waals surface area contributed by atoms with Gasteiger partial charge in [-0.2, -0.15) is 0 Å². The number of pyridine rings is 1. The smallest absolute Gasteiger partial charge is 0.281 e. The minimum Gasteiger partial charge on any atom is -0.380 e. The molecule has 6 nitrogen and oxygen atoms in total. The van der Waals surface area contributed by atoms with Crippen molar-refractivity contribution >= 4 is 33.1 Å². The van der Waals surface area contributed by atoms with E-state index in [0.717, 1.165) is 6.07 Å². The summed E-state index contributed by atoms with van der Waals surface area (Å²) >= 11 is 0. The third kappa shape index (κ3) is 2.90. The maximum Gasteiger partial charge on any atom is 0.281 e. The fourth-order valence-electron chi connectivity index (χ4n) is 1.83. The van der Waals surface area contributed by atoms with E-state index in [9.17, 15) is 18.7 Å². The number of hydrogen-bond acceptors (Lipinski definition) is 5. The van der Waals surface area contributed by atoms with Crippen LogP contribution in [0, 0.1) is 15.9 Å². The molecule has 0 spiro atoms. The van der Waals surface area contributed by atoms with Gasteiger partial charge in [0, 0.05) is 35.5 Å². The van der Waals surface area contributed by atoms with Gasteiger partial charge in [-0.25, -0.2) is 4.39 Å². The van der Waals surface area contributed by atoms with E-state index < -0.39 is 21.5 Å². The average Bonchev–Trinajstić information content (AvgIpc) is 2.40. The average molecular weight is 297 g/mol. The predicted molar refractivity (Wildman–Crippen MR) is 75.8 cm³/mol. The van der Waals surface area contributed by atoms with Crippen molar-refractivity contribution in [2.45, 2.75) is 0 Å². The van der Waals surface area contributed by atoms with Gasteiger partial charge >= 0.3 is 0 Å². The summed E-state index contributed by atoms with van der Waals surface area (Å²) in [7, 11) is -1.00. The summed E-state index contributed by atoms with van der Waals surface area (Å²) in [6.07, 6.45) is 2.99. The Bertz CT molecular complexity index is 693. The number of nitrogens with zero attached hydrogens (tertiary/aromatic N) is 2. The quantitative estimate of drug-likeness (QED) is 0.674. The highest BCUT2D eigenvalue weighted by Gasteiger charge is 2.19. The molecule has 0 bridgehead atoms. The highest BCUT2D eigenvalue weighted by molar-refractivity contribution is 7.84. The highest BCUT2D eigenvalue weighted by Crippen LogP contribution is 2.32. The zero-order valence-corrected chi connectivity index (χ0v) is 11.4. The zero-order valence-electron chi connectivity index (χ0n) is 10.6. The van der Waals surface area contributed by atoms with E-state index in [1.54, 1.807) is 12.3 Å². The lowest BCUT2D eigenvalue weighted by Gasteiger charge is -2.10. The number of halogens is 1. The topological polar surface area (TPSA) is 85.1 Å². The van der Waals surface area contributed by atoms with Gasteiger partial charge in [-0.1, -0.05) is 0 Å². The third-order valence-electron chi connectivity index (χ3n) is 2.71. The molecule has 1 unspecified atom stereocenters. The van der Waals surface area contributed by atoms with E-state index in [0.29, 0.717) is 12.3 Å². The summed E-state index contributed by atoms with van der Waals surface area (Å²) in [5.41, 5.74) is -0.0343. The molecule has 2 aromatic rings. The normalized spacial score (nSPS) is 12.3. The summed E-state index contributed by atoms with van der Waals surface area (Å²) in [6.45, 7) is 0.295. The predicted octanol–water partition coefficient (Wildman–Crippen LogP) is 2.07. The Morgan fingerprint density at radius 1 is 1.55 bits per heavy atom. The summed E-state index contributed by atoms with van der Waals surface area (Å²) in [4.78, 5) is 14.3. The lowest BCUT2D eigenvalue weighted by Crippen LogP contribution is -2.11. The largest absolute Gasteiger partial charge is 0.380 e. The van der Waals surface area contributed by atoms with Crippen LogP contribution in [0.4, 0.5) is 15.8 Å². The number of aromatic nitrogens is 1. The van der Waals surface area contributed by atoms with Crippen LogP contribution in [0.1, 0.15) is 0 Å². The van der Waals surface area contributed by atoms with Crippen LogP contribution in [0.2, 0.25) is 0 Å².